The summed E-state index contributed by atoms with van der Waals surface area (Å²) >= 11 is 0. The molecule has 6 nitrogen and oxygen atoms in total. The van der Waals surface area contributed by atoms with E-state index in [-0.39, 0.29) is 23.5 Å². The largest absolute Gasteiger partial charge is 0.491 e. The van der Waals surface area contributed by atoms with Crippen LogP contribution in [0.4, 0.5) is 0 Å². The monoisotopic (exact) mass is 604 g/mol. The topological polar surface area (TPSA) is 71.0 Å². The van der Waals surface area contributed by atoms with E-state index in [1.54, 1.807) is 0 Å². The molecule has 8 rings (SSSR count). The number of aryl methyl sites for hydroxylation is 1. The molecule has 3 aromatic carbocycles. The number of nitrogens with zero attached hydrogens (tertiary/aromatic N) is 1. The molecule has 1 saturated carbocycles. The van der Waals surface area contributed by atoms with Crippen molar-refractivity contribution >= 4 is 5.91 Å². The molecule has 0 aromatic heterocycles. The van der Waals surface area contributed by atoms with Crippen LogP contribution in [0.5, 0.6) is 11.5 Å². The smallest absolute Gasteiger partial charge is 0.255 e. The van der Waals surface area contributed by atoms with Crippen LogP contribution in [0.3, 0.4) is 0 Å². The number of nitrogens with one attached hydrogen (secondary N) is 1. The van der Waals surface area contributed by atoms with E-state index in [1.165, 1.54) is 36.1 Å². The number of amides is 1. The summed E-state index contributed by atoms with van der Waals surface area (Å²) < 4.78 is 12.5. The first-order valence-electron chi connectivity index (χ1n) is 16.9. The first-order valence-corrected chi connectivity index (χ1v) is 16.9. The summed E-state index contributed by atoms with van der Waals surface area (Å²) in [6.07, 6.45) is 8.75. The third-order valence-electron chi connectivity index (χ3n) is 11.0. The lowest BCUT2D eigenvalue weighted by Gasteiger charge is -2.57. The quantitative estimate of drug-likeness (QED) is 0.293. The number of carbonyl (C=O) groups excluding carboxylic acids is 1. The molecule has 5 aliphatic rings. The summed E-state index contributed by atoms with van der Waals surface area (Å²) in [5.41, 5.74) is 7.47. The maximum Gasteiger partial charge on any atom is 0.255 e. The molecule has 6 heteroatoms. The van der Waals surface area contributed by atoms with Crippen LogP contribution in [-0.4, -0.2) is 59.9 Å². The number of piperidine rings is 1. The van der Waals surface area contributed by atoms with Crippen molar-refractivity contribution in [2.24, 2.45) is 11.8 Å². The van der Waals surface area contributed by atoms with Gasteiger partial charge < -0.3 is 19.9 Å². The van der Waals surface area contributed by atoms with E-state index in [2.05, 4.69) is 65.7 Å². The van der Waals surface area contributed by atoms with Crippen LogP contribution >= 0.6 is 0 Å². The van der Waals surface area contributed by atoms with Gasteiger partial charge in [0.25, 0.3) is 5.91 Å². The van der Waals surface area contributed by atoms with Crippen LogP contribution in [0.2, 0.25) is 0 Å². The van der Waals surface area contributed by atoms with E-state index in [0.29, 0.717) is 29.8 Å². The number of rotatable bonds is 9. The molecule has 2 bridgehead atoms. The van der Waals surface area contributed by atoms with Crippen LogP contribution in [0.1, 0.15) is 65.7 Å². The predicted molar refractivity (Wildman–Crippen MR) is 176 cm³/mol. The Labute approximate surface area is 266 Å². The van der Waals surface area contributed by atoms with Crippen molar-refractivity contribution in [1.29, 1.82) is 0 Å². The standard InChI is InChI=1S/C39H44N2O4/c1-23(2)44-34-15-11-28(20-24(34)3)27-8-6-25(7-9-27)16-18-40-38(43)30-12-10-29-21-32-31-13-14-33(42)37-39(31,35(29)36(30)45-37)17-19-41(32)22-26-4-5-26/h6-15,20,23,26,31-33,37,42H,4-5,16-19,21-22H2,1-3H3,(H,40,43)/t31-,32?,33-,37-,39?/m0/s1. The zero-order valence-electron chi connectivity index (χ0n) is 26.6. The number of benzene rings is 3. The zero-order chi connectivity index (χ0) is 30.9. The molecule has 2 heterocycles. The maximum absolute atomic E-state index is 13.6. The van der Waals surface area contributed by atoms with Gasteiger partial charge in [-0.15, -0.1) is 0 Å². The Morgan fingerprint density at radius 3 is 2.64 bits per heavy atom. The molecule has 1 spiro atoms. The Hall–Kier alpha value is -3.61. The first-order chi connectivity index (χ1) is 21.8. The fraction of sp³-hybridized carbons (Fsp3) is 0.462. The summed E-state index contributed by atoms with van der Waals surface area (Å²) in [5, 5.41) is 14.3. The fourth-order valence-corrected chi connectivity index (χ4v) is 8.68. The molecule has 1 saturated heterocycles. The molecule has 2 N–H and O–H groups in total. The lowest BCUT2D eigenvalue weighted by atomic mass is 9.53. The van der Waals surface area contributed by atoms with Gasteiger partial charge in [-0.25, -0.2) is 0 Å². The van der Waals surface area contributed by atoms with E-state index in [1.807, 2.05) is 32.1 Å². The minimum absolute atomic E-state index is 0.106. The van der Waals surface area contributed by atoms with Gasteiger partial charge in [-0.2, -0.15) is 0 Å². The number of likely N-dealkylation sites (tertiary alicyclic amines) is 1. The Balaban J connectivity index is 0.967. The predicted octanol–water partition coefficient (Wildman–Crippen LogP) is 6.01. The van der Waals surface area contributed by atoms with Crippen molar-refractivity contribution in [2.45, 2.75) is 82.6 Å². The van der Waals surface area contributed by atoms with Gasteiger partial charge >= 0.3 is 0 Å². The molecule has 3 aromatic rings. The van der Waals surface area contributed by atoms with Crippen molar-refractivity contribution in [1.82, 2.24) is 10.2 Å². The van der Waals surface area contributed by atoms with Crippen molar-refractivity contribution in [2.75, 3.05) is 19.6 Å². The Morgan fingerprint density at radius 1 is 1.09 bits per heavy atom. The van der Waals surface area contributed by atoms with Gasteiger partial charge in [-0.3, -0.25) is 9.69 Å². The third kappa shape index (κ3) is 4.88. The normalized spacial score (nSPS) is 27.7. The molecular weight excluding hydrogens is 560 g/mol. The third-order valence-corrected chi connectivity index (χ3v) is 11.0. The van der Waals surface area contributed by atoms with E-state index in [9.17, 15) is 9.90 Å². The van der Waals surface area contributed by atoms with Crippen LogP contribution in [0.25, 0.3) is 11.1 Å². The van der Waals surface area contributed by atoms with E-state index < -0.39 is 6.10 Å². The molecule has 2 fully saturated rings. The molecule has 3 aliphatic carbocycles. The molecule has 45 heavy (non-hydrogen) atoms. The van der Waals surface area contributed by atoms with Crippen LogP contribution in [-0.2, 0) is 18.3 Å². The number of hydrogen-bond acceptors (Lipinski definition) is 5. The van der Waals surface area contributed by atoms with Gasteiger partial charge in [0.2, 0.25) is 0 Å². The van der Waals surface area contributed by atoms with Gasteiger partial charge in [0.15, 0.2) is 0 Å². The fourth-order valence-electron chi connectivity index (χ4n) is 8.68. The van der Waals surface area contributed by atoms with Crippen LogP contribution in [0, 0.1) is 18.8 Å². The van der Waals surface area contributed by atoms with E-state index in [4.69, 9.17) is 9.47 Å². The van der Waals surface area contributed by atoms with Gasteiger partial charge in [0.05, 0.1) is 11.7 Å². The average molecular weight is 605 g/mol. The number of carbonyl (C=O) groups is 1. The highest BCUT2D eigenvalue weighted by Crippen LogP contribution is 2.61. The molecule has 2 unspecified atom stereocenters. The molecule has 5 atom stereocenters. The summed E-state index contributed by atoms with van der Waals surface area (Å²) in [6.45, 7) is 8.92. The lowest BCUT2D eigenvalue weighted by Crippen LogP contribution is -2.65. The molecule has 0 radical (unpaired) electrons. The highest BCUT2D eigenvalue weighted by molar-refractivity contribution is 5.98. The van der Waals surface area contributed by atoms with Crippen molar-refractivity contribution in [3.63, 3.8) is 0 Å². The maximum atomic E-state index is 13.6. The van der Waals surface area contributed by atoms with Gasteiger partial charge in [-0.1, -0.05) is 48.6 Å². The minimum Gasteiger partial charge on any atom is -0.491 e. The van der Waals surface area contributed by atoms with Crippen molar-refractivity contribution in [3.8, 4) is 22.6 Å². The number of aliphatic hydroxyl groups is 1. The van der Waals surface area contributed by atoms with Crippen molar-refractivity contribution in [3.05, 3.63) is 94.6 Å². The van der Waals surface area contributed by atoms with E-state index >= 15 is 0 Å². The molecule has 2 aliphatic heterocycles. The lowest BCUT2D eigenvalue weighted by molar-refractivity contribution is -0.0524. The van der Waals surface area contributed by atoms with Crippen molar-refractivity contribution < 1.29 is 19.4 Å². The Morgan fingerprint density at radius 2 is 1.89 bits per heavy atom. The highest BCUT2D eigenvalue weighted by Gasteiger charge is 2.64. The second kappa shape index (κ2) is 11.0. The Kier molecular flexibility index (Phi) is 7.07. The number of hydrogen-bond donors (Lipinski definition) is 2. The Bertz CT molecular complexity index is 1660. The van der Waals surface area contributed by atoms with E-state index in [0.717, 1.165) is 54.2 Å². The van der Waals surface area contributed by atoms with Gasteiger partial charge in [0.1, 0.15) is 23.7 Å². The number of aliphatic hydroxyl groups excluding tert-OH is 1. The number of ether oxygens (including phenoxy) is 2. The first kappa shape index (κ1) is 28.8. The molecular formula is C39H44N2O4. The van der Waals surface area contributed by atoms with Crippen LogP contribution in [0.15, 0.2) is 66.7 Å². The molecule has 234 valence electrons. The second-order valence-electron chi connectivity index (χ2n) is 14.3. The average Bonchev–Trinajstić information content (AvgIpc) is 3.78. The minimum atomic E-state index is -0.663. The second-order valence-corrected chi connectivity index (χ2v) is 14.3. The molecule has 1 amide bonds. The SMILES string of the molecule is Cc1cc(-c2ccc(CCNC(=O)c3ccc4c5c3O[C@H]3[C@@H](O)C=C[C@H]6C(C4)N(CC4CC4)CCC563)cc2)ccc1OC(C)C. The summed E-state index contributed by atoms with van der Waals surface area (Å²) in [7, 11) is 0. The summed E-state index contributed by atoms with van der Waals surface area (Å²) in [6, 6.07) is 19.4. The highest BCUT2D eigenvalue weighted by atomic mass is 16.5. The summed E-state index contributed by atoms with van der Waals surface area (Å²) in [4.78, 5) is 16.3. The zero-order valence-corrected chi connectivity index (χ0v) is 26.6. The summed E-state index contributed by atoms with van der Waals surface area (Å²) in [5.74, 6) is 2.68. The van der Waals surface area contributed by atoms with Gasteiger partial charge in [0, 0.05) is 36.0 Å². The van der Waals surface area contributed by atoms with Gasteiger partial charge in [-0.05, 0) is 111 Å². The van der Waals surface area contributed by atoms with Crippen LogP contribution < -0.4 is 14.8 Å².